The smallest absolute Gasteiger partial charge is 0.203 e. The highest BCUT2D eigenvalue weighted by Gasteiger charge is 2.69. The molecular formula is C20H27ClO3S. The van der Waals surface area contributed by atoms with Gasteiger partial charge in [-0.2, -0.15) is 0 Å². The molecule has 0 heterocycles. The third-order valence-corrected chi connectivity index (χ3v) is 10.8. The van der Waals surface area contributed by atoms with Crippen LogP contribution in [-0.4, -0.2) is 32.0 Å². The summed E-state index contributed by atoms with van der Waals surface area (Å²) in [6.45, 7) is 4.32. The zero-order chi connectivity index (χ0) is 18.2. The molecule has 1 N–H and O–H groups in total. The summed E-state index contributed by atoms with van der Waals surface area (Å²) in [5, 5.41) is 11.2. The quantitative estimate of drug-likeness (QED) is 0.557. The molecule has 0 aromatic rings. The van der Waals surface area contributed by atoms with Gasteiger partial charge in [0.25, 0.3) is 0 Å². The SMILES string of the molecule is C[S+]([O-])[C@@]1(Cl)CC[C@H]2[C@@H]3CCC4=CC(=O)C=C[C@]4(C)[C@H]3[C@@H](O)C[C@@]21C. The van der Waals surface area contributed by atoms with Gasteiger partial charge in [0.2, 0.25) is 4.21 Å². The molecule has 4 aliphatic rings. The fraction of sp³-hybridized carbons (Fsp3) is 0.750. The zero-order valence-electron chi connectivity index (χ0n) is 15.1. The van der Waals surface area contributed by atoms with Crippen LogP contribution in [0, 0.1) is 28.6 Å². The van der Waals surface area contributed by atoms with Crippen LogP contribution in [0.25, 0.3) is 0 Å². The lowest BCUT2D eigenvalue weighted by Gasteiger charge is -2.59. The summed E-state index contributed by atoms with van der Waals surface area (Å²) < 4.78 is 11.7. The number of alkyl halides is 1. The molecule has 8 atom stereocenters. The summed E-state index contributed by atoms with van der Waals surface area (Å²) in [5.41, 5.74) is 0.610. The summed E-state index contributed by atoms with van der Waals surface area (Å²) in [4.78, 5) is 11.8. The van der Waals surface area contributed by atoms with Crippen molar-refractivity contribution in [3.05, 3.63) is 23.8 Å². The van der Waals surface area contributed by atoms with E-state index in [-0.39, 0.29) is 22.5 Å². The number of rotatable bonds is 1. The predicted octanol–water partition coefficient (Wildman–Crippen LogP) is 3.58. The molecule has 3 nitrogen and oxygen atoms in total. The lowest BCUT2D eigenvalue weighted by molar-refractivity contribution is -0.114. The van der Waals surface area contributed by atoms with Gasteiger partial charge in [-0.05, 0) is 60.8 Å². The Hall–Kier alpha value is -0.290. The van der Waals surface area contributed by atoms with Crippen LogP contribution in [0.1, 0.15) is 46.0 Å². The van der Waals surface area contributed by atoms with Crippen molar-refractivity contribution in [2.75, 3.05) is 6.26 Å². The fourth-order valence-corrected chi connectivity index (χ4v) is 8.36. The van der Waals surface area contributed by atoms with Gasteiger partial charge in [0.15, 0.2) is 5.78 Å². The third-order valence-electron chi connectivity index (χ3n) is 7.97. The maximum atomic E-state index is 12.5. The number of carbonyl (C=O) groups excluding carboxylic acids is 1. The molecule has 3 fully saturated rings. The normalized spacial score (nSPS) is 52.9. The number of ketones is 1. The minimum atomic E-state index is -1.13. The molecule has 0 aliphatic heterocycles. The van der Waals surface area contributed by atoms with Gasteiger partial charge in [-0.15, -0.1) is 0 Å². The van der Waals surface area contributed by atoms with E-state index in [1.165, 1.54) is 0 Å². The Balaban J connectivity index is 1.75. The van der Waals surface area contributed by atoms with E-state index < -0.39 is 21.5 Å². The Morgan fingerprint density at radius 2 is 2.08 bits per heavy atom. The van der Waals surface area contributed by atoms with Gasteiger partial charge < -0.3 is 9.66 Å². The molecule has 3 saturated carbocycles. The summed E-state index contributed by atoms with van der Waals surface area (Å²) >= 11 is 5.80. The standard InChI is InChI=1S/C20H27ClO3S/c1-18-8-6-13(22)10-12(18)4-5-14-15-7-9-20(21,25(3)24)19(15,2)11-16(23)17(14)18/h6,8,10,14-17,23H,4-5,7,9,11H2,1-3H3/t14-,15-,16-,17+,18-,19-,20-,25?/m0/s1. The number of aliphatic hydroxyl groups excluding tert-OH is 1. The van der Waals surface area contributed by atoms with Gasteiger partial charge >= 0.3 is 0 Å². The Kier molecular flexibility index (Phi) is 4.06. The van der Waals surface area contributed by atoms with Crippen LogP contribution in [0.4, 0.5) is 0 Å². The van der Waals surface area contributed by atoms with Crippen molar-refractivity contribution < 1.29 is 14.5 Å². The molecule has 0 amide bonds. The van der Waals surface area contributed by atoms with Gasteiger partial charge in [-0.25, -0.2) is 0 Å². The highest BCUT2D eigenvalue weighted by atomic mass is 35.5. The molecule has 0 saturated heterocycles. The van der Waals surface area contributed by atoms with Gasteiger partial charge in [0, 0.05) is 23.2 Å². The fourth-order valence-electron chi connectivity index (χ4n) is 6.73. The van der Waals surface area contributed by atoms with Gasteiger partial charge in [-0.1, -0.05) is 37.1 Å². The average Bonchev–Trinajstić information content (AvgIpc) is 2.80. The Morgan fingerprint density at radius 3 is 2.76 bits per heavy atom. The summed E-state index contributed by atoms with van der Waals surface area (Å²) in [7, 11) is 0. The summed E-state index contributed by atoms with van der Waals surface area (Å²) in [6, 6.07) is 0. The molecular weight excluding hydrogens is 356 g/mol. The van der Waals surface area contributed by atoms with E-state index in [1.54, 1.807) is 18.4 Å². The Labute approximate surface area is 158 Å². The monoisotopic (exact) mass is 382 g/mol. The minimum absolute atomic E-state index is 0.0584. The number of carbonyl (C=O) groups is 1. The van der Waals surface area contributed by atoms with E-state index in [4.69, 9.17) is 11.6 Å². The van der Waals surface area contributed by atoms with E-state index in [9.17, 15) is 14.5 Å². The van der Waals surface area contributed by atoms with E-state index in [2.05, 4.69) is 13.8 Å². The molecule has 0 radical (unpaired) electrons. The number of hydrogen-bond acceptors (Lipinski definition) is 3. The van der Waals surface area contributed by atoms with Crippen molar-refractivity contribution in [1.82, 2.24) is 0 Å². The minimum Gasteiger partial charge on any atom is -0.615 e. The maximum absolute atomic E-state index is 12.5. The second-order valence-corrected chi connectivity index (χ2v) is 11.4. The molecule has 0 bridgehead atoms. The summed E-state index contributed by atoms with van der Waals surface area (Å²) in [6.07, 6.45) is 10.9. The third kappa shape index (κ3) is 2.24. The number of allylic oxidation sites excluding steroid dienone is 4. The molecule has 25 heavy (non-hydrogen) atoms. The molecule has 4 rings (SSSR count). The first-order chi connectivity index (χ1) is 11.6. The van der Waals surface area contributed by atoms with E-state index in [0.29, 0.717) is 18.3 Å². The first kappa shape index (κ1) is 18.1. The van der Waals surface area contributed by atoms with Crippen molar-refractivity contribution in [3.63, 3.8) is 0 Å². The maximum Gasteiger partial charge on any atom is 0.203 e. The number of hydrogen-bond donors (Lipinski definition) is 1. The zero-order valence-corrected chi connectivity index (χ0v) is 16.7. The topological polar surface area (TPSA) is 60.4 Å². The first-order valence-electron chi connectivity index (χ1n) is 9.28. The number of fused-ring (bicyclic) bond motifs is 5. The van der Waals surface area contributed by atoms with Gasteiger partial charge in [0.1, 0.15) is 0 Å². The van der Waals surface area contributed by atoms with Crippen molar-refractivity contribution in [2.24, 2.45) is 28.6 Å². The molecule has 0 aromatic heterocycles. The molecule has 0 aromatic carbocycles. The molecule has 4 aliphatic carbocycles. The highest BCUT2D eigenvalue weighted by molar-refractivity contribution is 7.93. The van der Waals surface area contributed by atoms with Gasteiger partial charge in [0.05, 0.1) is 12.4 Å². The second kappa shape index (κ2) is 5.60. The van der Waals surface area contributed by atoms with Gasteiger partial charge in [-0.3, -0.25) is 4.79 Å². The number of halogens is 1. The van der Waals surface area contributed by atoms with Crippen LogP contribution >= 0.6 is 11.6 Å². The van der Waals surface area contributed by atoms with Crippen LogP contribution in [0.3, 0.4) is 0 Å². The highest BCUT2D eigenvalue weighted by Crippen LogP contribution is 2.69. The lowest BCUT2D eigenvalue weighted by Crippen LogP contribution is -2.59. The lowest BCUT2D eigenvalue weighted by atomic mass is 9.47. The molecule has 0 spiro atoms. The molecule has 1 unspecified atom stereocenters. The van der Waals surface area contributed by atoms with Crippen molar-refractivity contribution >= 4 is 28.6 Å². The van der Waals surface area contributed by atoms with Crippen LogP contribution in [0.5, 0.6) is 0 Å². The Morgan fingerprint density at radius 1 is 1.36 bits per heavy atom. The first-order valence-corrected chi connectivity index (χ1v) is 11.2. The predicted molar refractivity (Wildman–Crippen MR) is 101 cm³/mol. The summed E-state index contributed by atoms with van der Waals surface area (Å²) in [5.74, 6) is 0.909. The van der Waals surface area contributed by atoms with Crippen LogP contribution in [-0.2, 0) is 16.0 Å². The van der Waals surface area contributed by atoms with Crippen molar-refractivity contribution in [1.29, 1.82) is 0 Å². The van der Waals surface area contributed by atoms with Crippen LogP contribution in [0.15, 0.2) is 23.8 Å². The Bertz CT molecular complexity index is 674. The largest absolute Gasteiger partial charge is 0.615 e. The average molecular weight is 383 g/mol. The molecule has 5 heteroatoms. The van der Waals surface area contributed by atoms with Crippen molar-refractivity contribution in [2.45, 2.75) is 56.3 Å². The van der Waals surface area contributed by atoms with Crippen LogP contribution < -0.4 is 0 Å². The van der Waals surface area contributed by atoms with E-state index in [0.717, 1.165) is 31.3 Å². The second-order valence-electron chi connectivity index (χ2n) is 8.93. The molecule has 138 valence electrons. The number of aliphatic hydroxyl groups is 1. The van der Waals surface area contributed by atoms with E-state index >= 15 is 0 Å². The van der Waals surface area contributed by atoms with Crippen molar-refractivity contribution in [3.8, 4) is 0 Å². The van der Waals surface area contributed by atoms with E-state index in [1.807, 2.05) is 6.08 Å². The van der Waals surface area contributed by atoms with Crippen LogP contribution in [0.2, 0.25) is 0 Å².